The number of rotatable bonds is 6. The number of nitrogens with zero attached hydrogens (tertiary/aromatic N) is 3. The Hall–Kier alpha value is -2.17. The Bertz CT molecular complexity index is 636. The fourth-order valence-corrected chi connectivity index (χ4v) is 3.03. The summed E-state index contributed by atoms with van der Waals surface area (Å²) in [4.78, 5) is 11.9. The van der Waals surface area contributed by atoms with E-state index < -0.39 is 0 Å². The van der Waals surface area contributed by atoms with E-state index in [2.05, 4.69) is 32.2 Å². The van der Waals surface area contributed by atoms with Gasteiger partial charge in [0, 0.05) is 32.4 Å². The molecular weight excluding hydrogens is 288 g/mol. The van der Waals surface area contributed by atoms with Crippen LogP contribution in [-0.4, -0.2) is 27.2 Å². The summed E-state index contributed by atoms with van der Waals surface area (Å²) >= 11 is 0. The molecule has 1 amide bonds. The zero-order chi connectivity index (χ0) is 15.9. The number of aryl methyl sites for hydroxylation is 2. The van der Waals surface area contributed by atoms with Gasteiger partial charge >= 0.3 is 0 Å². The van der Waals surface area contributed by atoms with Crippen molar-refractivity contribution in [3.63, 3.8) is 0 Å². The average Bonchev–Trinajstić information content (AvgIpc) is 2.81. The van der Waals surface area contributed by atoms with Crippen LogP contribution in [0.15, 0.2) is 30.3 Å². The molecule has 0 aliphatic carbocycles. The number of nitrogens with one attached hydrogen (secondary N) is 1. The van der Waals surface area contributed by atoms with Crippen LogP contribution in [0.25, 0.3) is 0 Å². The summed E-state index contributed by atoms with van der Waals surface area (Å²) in [6.45, 7) is 1.64. The van der Waals surface area contributed by atoms with Gasteiger partial charge < -0.3 is 9.88 Å². The third-order valence-corrected chi connectivity index (χ3v) is 4.34. The van der Waals surface area contributed by atoms with Crippen LogP contribution in [-0.2, 0) is 30.6 Å². The first-order valence-electron chi connectivity index (χ1n) is 8.54. The van der Waals surface area contributed by atoms with Gasteiger partial charge in [0.2, 0.25) is 5.91 Å². The average molecular weight is 312 g/mol. The summed E-state index contributed by atoms with van der Waals surface area (Å²) in [5.41, 5.74) is 1.20. The van der Waals surface area contributed by atoms with E-state index in [0.29, 0.717) is 13.0 Å². The van der Waals surface area contributed by atoms with Gasteiger partial charge in [0.25, 0.3) is 0 Å². The molecule has 1 aliphatic rings. The van der Waals surface area contributed by atoms with Crippen LogP contribution < -0.4 is 5.32 Å². The summed E-state index contributed by atoms with van der Waals surface area (Å²) in [6, 6.07) is 10.1. The third-order valence-electron chi connectivity index (χ3n) is 4.34. The molecule has 1 aromatic heterocycles. The molecule has 23 heavy (non-hydrogen) atoms. The lowest BCUT2D eigenvalue weighted by Gasteiger charge is -2.08. The van der Waals surface area contributed by atoms with Gasteiger partial charge in [0.15, 0.2) is 0 Å². The molecule has 2 aromatic rings. The minimum atomic E-state index is 0.101. The number of carbonyl (C=O) groups is 1. The fraction of sp³-hybridized carbons (Fsp3) is 0.500. The Morgan fingerprint density at radius 1 is 1.09 bits per heavy atom. The molecule has 0 unspecified atom stereocenters. The van der Waals surface area contributed by atoms with Crippen LogP contribution in [0.2, 0.25) is 0 Å². The van der Waals surface area contributed by atoms with Crippen molar-refractivity contribution in [2.75, 3.05) is 6.54 Å². The second-order valence-electron chi connectivity index (χ2n) is 6.08. The highest BCUT2D eigenvalue weighted by molar-refractivity contribution is 5.76. The summed E-state index contributed by atoms with van der Waals surface area (Å²) in [7, 11) is 0. The van der Waals surface area contributed by atoms with Gasteiger partial charge in [-0.25, -0.2) is 0 Å². The third kappa shape index (κ3) is 4.41. The number of benzene rings is 1. The van der Waals surface area contributed by atoms with Crippen molar-refractivity contribution in [3.05, 3.63) is 47.5 Å². The second-order valence-corrected chi connectivity index (χ2v) is 6.08. The molecule has 5 heteroatoms. The Kier molecular flexibility index (Phi) is 5.40. The van der Waals surface area contributed by atoms with Crippen molar-refractivity contribution in [3.8, 4) is 0 Å². The lowest BCUT2D eigenvalue weighted by Crippen LogP contribution is -2.26. The highest BCUT2D eigenvalue weighted by atomic mass is 16.1. The van der Waals surface area contributed by atoms with E-state index in [-0.39, 0.29) is 5.91 Å². The highest BCUT2D eigenvalue weighted by Gasteiger charge is 2.14. The molecule has 0 saturated heterocycles. The van der Waals surface area contributed by atoms with Crippen molar-refractivity contribution in [2.24, 2.45) is 0 Å². The largest absolute Gasteiger partial charge is 0.356 e. The van der Waals surface area contributed by atoms with E-state index in [4.69, 9.17) is 0 Å². The summed E-state index contributed by atoms with van der Waals surface area (Å²) in [5.74, 6) is 2.21. The standard InChI is InChI=1S/C18H24N4O/c23-18(11-10-15-7-3-1-4-8-15)19-13-12-17-21-20-16-9-5-2-6-14-22(16)17/h1,3-4,7-8H,2,5-6,9-14H2,(H,19,23). The Morgan fingerprint density at radius 3 is 2.83 bits per heavy atom. The quantitative estimate of drug-likeness (QED) is 0.890. The number of hydrogen-bond donors (Lipinski definition) is 1. The molecule has 1 aliphatic heterocycles. The van der Waals surface area contributed by atoms with E-state index >= 15 is 0 Å². The zero-order valence-electron chi connectivity index (χ0n) is 13.5. The molecule has 0 spiro atoms. The van der Waals surface area contributed by atoms with E-state index in [1.165, 1.54) is 24.8 Å². The number of carbonyl (C=O) groups excluding carboxylic acids is 1. The number of hydrogen-bond acceptors (Lipinski definition) is 3. The van der Waals surface area contributed by atoms with Crippen molar-refractivity contribution in [1.82, 2.24) is 20.1 Å². The minimum Gasteiger partial charge on any atom is -0.356 e. The molecule has 0 radical (unpaired) electrons. The van der Waals surface area contributed by atoms with Crippen molar-refractivity contribution in [2.45, 2.75) is 51.5 Å². The molecule has 5 nitrogen and oxygen atoms in total. The summed E-state index contributed by atoms with van der Waals surface area (Å²) < 4.78 is 2.24. The first kappa shape index (κ1) is 15.7. The first-order valence-corrected chi connectivity index (χ1v) is 8.54. The summed E-state index contributed by atoms with van der Waals surface area (Å²) in [6.07, 6.45) is 6.75. The molecule has 0 bridgehead atoms. The van der Waals surface area contributed by atoms with Gasteiger partial charge in [0.05, 0.1) is 0 Å². The predicted molar refractivity (Wildman–Crippen MR) is 89.1 cm³/mol. The Balaban J connectivity index is 1.43. The number of aromatic nitrogens is 3. The molecule has 122 valence electrons. The SMILES string of the molecule is O=C(CCc1ccccc1)NCCc1nnc2n1CCCCC2. The van der Waals surface area contributed by atoms with Gasteiger partial charge in [-0.1, -0.05) is 36.8 Å². The van der Waals surface area contributed by atoms with Crippen LogP contribution in [0.4, 0.5) is 0 Å². The monoisotopic (exact) mass is 312 g/mol. The predicted octanol–water partition coefficient (Wildman–Crippen LogP) is 2.30. The molecule has 1 aromatic carbocycles. The van der Waals surface area contributed by atoms with Crippen LogP contribution in [0.1, 0.15) is 42.9 Å². The molecule has 0 fully saturated rings. The van der Waals surface area contributed by atoms with E-state index in [1.54, 1.807) is 0 Å². The normalized spacial score (nSPS) is 14.1. The van der Waals surface area contributed by atoms with Crippen LogP contribution >= 0.6 is 0 Å². The van der Waals surface area contributed by atoms with E-state index in [0.717, 1.165) is 37.5 Å². The van der Waals surface area contributed by atoms with Crippen LogP contribution in [0.3, 0.4) is 0 Å². The van der Waals surface area contributed by atoms with E-state index in [9.17, 15) is 4.79 Å². The lowest BCUT2D eigenvalue weighted by atomic mass is 10.1. The van der Waals surface area contributed by atoms with Gasteiger partial charge in [0.1, 0.15) is 11.6 Å². The van der Waals surface area contributed by atoms with Gasteiger partial charge in [-0.05, 0) is 24.8 Å². The number of amides is 1. The van der Waals surface area contributed by atoms with Crippen LogP contribution in [0, 0.1) is 0 Å². The molecular formula is C18H24N4O. The first-order chi connectivity index (χ1) is 11.3. The zero-order valence-corrected chi connectivity index (χ0v) is 13.5. The second kappa shape index (κ2) is 7.90. The number of fused-ring (bicyclic) bond motifs is 1. The lowest BCUT2D eigenvalue weighted by molar-refractivity contribution is -0.121. The Morgan fingerprint density at radius 2 is 1.96 bits per heavy atom. The van der Waals surface area contributed by atoms with Gasteiger partial charge in [-0.15, -0.1) is 10.2 Å². The maximum Gasteiger partial charge on any atom is 0.220 e. The fourth-order valence-electron chi connectivity index (χ4n) is 3.03. The molecule has 2 heterocycles. The minimum absolute atomic E-state index is 0.101. The van der Waals surface area contributed by atoms with Crippen LogP contribution in [0.5, 0.6) is 0 Å². The maximum absolute atomic E-state index is 11.9. The molecule has 0 saturated carbocycles. The van der Waals surface area contributed by atoms with Gasteiger partial charge in [-0.3, -0.25) is 4.79 Å². The maximum atomic E-state index is 11.9. The topological polar surface area (TPSA) is 59.8 Å². The van der Waals surface area contributed by atoms with E-state index in [1.807, 2.05) is 18.2 Å². The van der Waals surface area contributed by atoms with Gasteiger partial charge in [-0.2, -0.15) is 0 Å². The van der Waals surface area contributed by atoms with Crippen molar-refractivity contribution in [1.29, 1.82) is 0 Å². The summed E-state index contributed by atoms with van der Waals surface area (Å²) in [5, 5.41) is 11.6. The molecule has 0 atom stereocenters. The van der Waals surface area contributed by atoms with Crippen molar-refractivity contribution < 1.29 is 4.79 Å². The highest BCUT2D eigenvalue weighted by Crippen LogP contribution is 2.14. The smallest absolute Gasteiger partial charge is 0.220 e. The Labute approximate surface area is 137 Å². The van der Waals surface area contributed by atoms with Crippen molar-refractivity contribution >= 4 is 5.91 Å². The molecule has 3 rings (SSSR count). The molecule has 1 N–H and O–H groups in total.